The molecule has 1 N–H and O–H groups in total. The molecule has 2 atom stereocenters. The molecule has 5 rings (SSSR count). The maximum atomic E-state index is 12.9. The molecular formula is C23H28N4OS. The number of hydrogen-bond acceptors (Lipinski definition) is 5. The van der Waals surface area contributed by atoms with E-state index < -0.39 is 0 Å². The Kier molecular flexibility index (Phi) is 4.92. The van der Waals surface area contributed by atoms with Gasteiger partial charge in [0.05, 0.1) is 11.4 Å². The molecule has 2 aromatic heterocycles. The highest BCUT2D eigenvalue weighted by molar-refractivity contribution is 7.18. The number of aryl methyl sites for hydroxylation is 1. The zero-order valence-corrected chi connectivity index (χ0v) is 18.0. The van der Waals surface area contributed by atoms with Crippen molar-refractivity contribution >= 4 is 27.2 Å². The fraction of sp³-hybridized carbons (Fsp3) is 0.478. The minimum Gasteiger partial charge on any atom is -0.369 e. The van der Waals surface area contributed by atoms with Crippen molar-refractivity contribution < 1.29 is 0 Å². The molecule has 1 fully saturated rings. The monoisotopic (exact) mass is 408 g/mol. The number of nitrogens with one attached hydrogen (secondary N) is 1. The lowest BCUT2D eigenvalue weighted by molar-refractivity contribution is 0.192. The molecule has 0 unspecified atom stereocenters. The van der Waals surface area contributed by atoms with E-state index in [1.165, 1.54) is 22.5 Å². The van der Waals surface area contributed by atoms with E-state index in [-0.39, 0.29) is 11.6 Å². The second-order valence-electron chi connectivity index (χ2n) is 8.52. The smallest absolute Gasteiger partial charge is 0.259 e. The van der Waals surface area contributed by atoms with Gasteiger partial charge in [0, 0.05) is 36.7 Å². The quantitative estimate of drug-likeness (QED) is 0.712. The van der Waals surface area contributed by atoms with Crippen LogP contribution in [0.5, 0.6) is 0 Å². The van der Waals surface area contributed by atoms with Crippen molar-refractivity contribution in [3.63, 3.8) is 0 Å². The highest BCUT2D eigenvalue weighted by Gasteiger charge is 2.27. The van der Waals surface area contributed by atoms with Gasteiger partial charge in [-0.25, -0.2) is 4.98 Å². The van der Waals surface area contributed by atoms with Gasteiger partial charge in [0.25, 0.3) is 5.56 Å². The highest BCUT2D eigenvalue weighted by atomic mass is 32.1. The molecule has 1 saturated heterocycles. The summed E-state index contributed by atoms with van der Waals surface area (Å²) in [7, 11) is 0. The number of fused-ring (bicyclic) bond motifs is 3. The summed E-state index contributed by atoms with van der Waals surface area (Å²) in [5.74, 6) is 1.51. The SMILES string of the molecule is C[C@@H]1CCc2c(sc3nc([C@@H](C)N4CCN(c5ccccc5)CC4)[nH]c(=O)c23)C1. The Bertz CT molecular complexity index is 1070. The number of benzene rings is 1. The minimum absolute atomic E-state index is 0.0480. The molecule has 0 amide bonds. The normalized spacial score (nSPS) is 21.3. The summed E-state index contributed by atoms with van der Waals surface area (Å²) in [5, 5.41) is 0.849. The van der Waals surface area contributed by atoms with Crippen molar-refractivity contribution in [3.05, 3.63) is 57.0 Å². The first-order valence-electron chi connectivity index (χ1n) is 10.7. The van der Waals surface area contributed by atoms with Crippen molar-refractivity contribution in [2.45, 2.75) is 39.2 Å². The van der Waals surface area contributed by atoms with E-state index in [2.05, 4.69) is 59.0 Å². The maximum Gasteiger partial charge on any atom is 0.259 e. The predicted molar refractivity (Wildman–Crippen MR) is 120 cm³/mol. The van der Waals surface area contributed by atoms with Gasteiger partial charge in [-0.15, -0.1) is 11.3 Å². The van der Waals surface area contributed by atoms with Crippen molar-refractivity contribution in [1.29, 1.82) is 0 Å². The molecule has 0 spiro atoms. The van der Waals surface area contributed by atoms with E-state index in [1.807, 2.05) is 0 Å². The minimum atomic E-state index is 0.0480. The van der Waals surface area contributed by atoms with Crippen molar-refractivity contribution in [2.24, 2.45) is 5.92 Å². The third-order valence-electron chi connectivity index (χ3n) is 6.56. The second-order valence-corrected chi connectivity index (χ2v) is 9.60. The maximum absolute atomic E-state index is 12.9. The van der Waals surface area contributed by atoms with Crippen LogP contribution in [-0.4, -0.2) is 41.0 Å². The summed E-state index contributed by atoms with van der Waals surface area (Å²) < 4.78 is 0. The van der Waals surface area contributed by atoms with E-state index in [0.717, 1.165) is 55.1 Å². The summed E-state index contributed by atoms with van der Waals surface area (Å²) in [6, 6.07) is 10.7. The van der Waals surface area contributed by atoms with Crippen molar-refractivity contribution in [2.75, 3.05) is 31.1 Å². The van der Waals surface area contributed by atoms with Crippen LogP contribution in [0.15, 0.2) is 35.1 Å². The standard InChI is InChI=1S/C23H28N4OS/c1-15-8-9-18-19(14-15)29-23-20(18)22(28)24-21(25-23)16(2)26-10-12-27(13-11-26)17-6-4-3-5-7-17/h3-7,15-16H,8-14H2,1-2H3,(H,24,25,28)/t15-,16-/m1/s1. The van der Waals surface area contributed by atoms with E-state index in [1.54, 1.807) is 11.3 Å². The van der Waals surface area contributed by atoms with E-state index in [4.69, 9.17) is 4.98 Å². The Labute approximate surface area is 175 Å². The molecule has 1 aliphatic carbocycles. The molecular weight excluding hydrogens is 380 g/mol. The number of aromatic nitrogens is 2. The Balaban J connectivity index is 1.36. The molecule has 5 nitrogen and oxygen atoms in total. The van der Waals surface area contributed by atoms with Gasteiger partial charge in [0.1, 0.15) is 10.7 Å². The molecule has 0 saturated carbocycles. The molecule has 1 aliphatic heterocycles. The summed E-state index contributed by atoms with van der Waals surface area (Å²) >= 11 is 1.74. The predicted octanol–water partition coefficient (Wildman–Crippen LogP) is 3.99. The number of H-pyrrole nitrogens is 1. The van der Waals surface area contributed by atoms with Gasteiger partial charge < -0.3 is 9.88 Å². The molecule has 3 aromatic rings. The van der Waals surface area contributed by atoms with Gasteiger partial charge in [-0.3, -0.25) is 9.69 Å². The molecule has 6 heteroatoms. The van der Waals surface area contributed by atoms with E-state index in [0.29, 0.717) is 5.92 Å². The van der Waals surface area contributed by atoms with E-state index in [9.17, 15) is 4.79 Å². The molecule has 152 valence electrons. The van der Waals surface area contributed by atoms with Gasteiger partial charge >= 0.3 is 0 Å². The number of anilines is 1. The summed E-state index contributed by atoms with van der Waals surface area (Å²) in [4.78, 5) is 28.1. The number of rotatable bonds is 3. The van der Waals surface area contributed by atoms with Crippen LogP contribution in [0.2, 0.25) is 0 Å². The average Bonchev–Trinajstić information content (AvgIpc) is 3.11. The van der Waals surface area contributed by atoms with Crippen LogP contribution in [-0.2, 0) is 12.8 Å². The average molecular weight is 409 g/mol. The van der Waals surface area contributed by atoms with Crippen LogP contribution >= 0.6 is 11.3 Å². The Morgan fingerprint density at radius 1 is 1.17 bits per heavy atom. The Hall–Kier alpha value is -2.18. The number of thiophene rings is 1. The third-order valence-corrected chi connectivity index (χ3v) is 7.71. The van der Waals surface area contributed by atoms with Crippen LogP contribution < -0.4 is 10.5 Å². The third kappa shape index (κ3) is 3.49. The van der Waals surface area contributed by atoms with Crippen LogP contribution in [0.1, 0.15) is 42.6 Å². The van der Waals surface area contributed by atoms with Crippen LogP contribution in [0.3, 0.4) is 0 Å². The molecule has 1 aromatic carbocycles. The van der Waals surface area contributed by atoms with Gasteiger partial charge in [-0.2, -0.15) is 0 Å². The number of aromatic amines is 1. The lowest BCUT2D eigenvalue weighted by Gasteiger charge is -2.38. The zero-order valence-electron chi connectivity index (χ0n) is 17.1. The second kappa shape index (κ2) is 7.58. The molecule has 2 aliphatic rings. The van der Waals surface area contributed by atoms with Crippen LogP contribution in [0, 0.1) is 5.92 Å². The van der Waals surface area contributed by atoms with Gasteiger partial charge in [0.15, 0.2) is 0 Å². The van der Waals surface area contributed by atoms with Crippen LogP contribution in [0.25, 0.3) is 10.2 Å². The lowest BCUT2D eigenvalue weighted by atomic mass is 9.89. The van der Waals surface area contributed by atoms with E-state index >= 15 is 0 Å². The lowest BCUT2D eigenvalue weighted by Crippen LogP contribution is -2.47. The van der Waals surface area contributed by atoms with Gasteiger partial charge in [-0.05, 0) is 49.8 Å². The molecule has 29 heavy (non-hydrogen) atoms. The topological polar surface area (TPSA) is 52.2 Å². The molecule has 0 bridgehead atoms. The fourth-order valence-electron chi connectivity index (χ4n) is 4.74. The summed E-state index contributed by atoms with van der Waals surface area (Å²) in [5.41, 5.74) is 2.59. The molecule has 3 heterocycles. The van der Waals surface area contributed by atoms with Crippen molar-refractivity contribution in [1.82, 2.24) is 14.9 Å². The summed E-state index contributed by atoms with van der Waals surface area (Å²) in [6.45, 7) is 8.38. The first-order chi connectivity index (χ1) is 14.1. The van der Waals surface area contributed by atoms with Crippen LogP contribution in [0.4, 0.5) is 5.69 Å². The number of nitrogens with zero attached hydrogens (tertiary/aromatic N) is 3. The first-order valence-corrected chi connectivity index (χ1v) is 11.5. The number of hydrogen-bond donors (Lipinski definition) is 1. The fourth-order valence-corrected chi connectivity index (χ4v) is 6.13. The number of piperazine rings is 1. The molecule has 0 radical (unpaired) electrons. The highest BCUT2D eigenvalue weighted by Crippen LogP contribution is 2.36. The summed E-state index contributed by atoms with van der Waals surface area (Å²) in [6.07, 6.45) is 3.27. The largest absolute Gasteiger partial charge is 0.369 e. The van der Waals surface area contributed by atoms with Crippen molar-refractivity contribution in [3.8, 4) is 0 Å². The Morgan fingerprint density at radius 2 is 1.93 bits per heavy atom. The van der Waals surface area contributed by atoms with Gasteiger partial charge in [-0.1, -0.05) is 25.1 Å². The number of para-hydroxylation sites is 1. The van der Waals surface area contributed by atoms with Gasteiger partial charge in [0.2, 0.25) is 0 Å². The zero-order chi connectivity index (χ0) is 20.0. The first kappa shape index (κ1) is 18.8. The Morgan fingerprint density at radius 3 is 2.69 bits per heavy atom.